The van der Waals surface area contributed by atoms with Gasteiger partial charge in [-0.2, -0.15) is 0 Å². The number of hydrogen-bond donors (Lipinski definition) is 4. The number of carbonyl (C=O) groups is 2. The number of Topliss-reactive ketones (excluding diaryl/α,β-unsaturated/α-hetero) is 2. The number of piperidine rings is 1. The largest absolute Gasteiger partial charge is 0.841 e. The summed E-state index contributed by atoms with van der Waals surface area (Å²) in [4.78, 5) is 33.1. The first-order chi connectivity index (χ1) is 26.9. The number of fused-ring (bicyclic) bond motifs is 2. The minimum Gasteiger partial charge on any atom is -0.841 e. The molecule has 14 atom stereocenters. The van der Waals surface area contributed by atoms with Crippen molar-refractivity contribution < 1.29 is 35.0 Å². The molecule has 4 fully saturated rings. The van der Waals surface area contributed by atoms with Gasteiger partial charge in [-0.1, -0.05) is 44.4 Å². The van der Waals surface area contributed by atoms with Gasteiger partial charge in [0, 0.05) is 43.6 Å². The Balaban J connectivity index is 1.38. The number of rotatable bonds is 11. The molecule has 6 aliphatic rings. The number of allylic oxidation sites excluding steroid dienone is 1. The predicted molar refractivity (Wildman–Crippen MR) is 217 cm³/mol. The van der Waals surface area contributed by atoms with Gasteiger partial charge in [-0.25, -0.2) is 0 Å². The Morgan fingerprint density at radius 2 is 1.80 bits per heavy atom. The fraction of sp³-hybridized carbons (Fsp3) is 0.830. The number of carbonyl (C=O) groups excluding carboxylic acids is 2. The third-order valence-electron chi connectivity index (χ3n) is 15.2. The van der Waals surface area contributed by atoms with E-state index in [1.807, 2.05) is 6.21 Å². The zero-order valence-electron chi connectivity index (χ0n) is 35.0. The van der Waals surface area contributed by atoms with Crippen molar-refractivity contribution in [1.29, 1.82) is 0 Å². The average Bonchev–Trinajstić information content (AvgIpc) is 3.58. The SMILES string of the molecule is CCCC(C(O)CC1=C[C+](C(C)C)C=N1)C1CC(CC2CC[NH2+]C(N)C2)CC2C#CC(C3CCCCC3)C3CC(O)C(OC)CC3CCC(=O)C([O-])C(=O)C2C1. The van der Waals surface area contributed by atoms with E-state index in [1.165, 1.54) is 25.2 Å². The molecule has 0 aromatic heterocycles. The molecule has 56 heavy (non-hydrogen) atoms. The van der Waals surface area contributed by atoms with Crippen molar-refractivity contribution in [3.8, 4) is 11.8 Å². The number of aliphatic hydroxyl groups excluding tert-OH is 2. The molecule has 4 aliphatic carbocycles. The topological polar surface area (TPSA) is 162 Å². The number of aliphatic imine (C=N–C) groups is 1. The van der Waals surface area contributed by atoms with Gasteiger partial charge in [-0.05, 0) is 132 Å². The van der Waals surface area contributed by atoms with Crippen molar-refractivity contribution in [2.24, 2.45) is 75.8 Å². The fourth-order valence-corrected chi connectivity index (χ4v) is 12.1. The third kappa shape index (κ3) is 10.8. The number of methoxy groups -OCH3 is 1. The van der Waals surface area contributed by atoms with Crippen molar-refractivity contribution in [3.63, 3.8) is 0 Å². The van der Waals surface area contributed by atoms with E-state index in [0.717, 1.165) is 63.6 Å². The molecule has 6 N–H and O–H groups in total. The monoisotopic (exact) mass is 777 g/mol. The second-order valence-corrected chi connectivity index (χ2v) is 19.4. The van der Waals surface area contributed by atoms with Gasteiger partial charge < -0.3 is 35.0 Å². The van der Waals surface area contributed by atoms with Crippen molar-refractivity contribution >= 4 is 17.8 Å². The van der Waals surface area contributed by atoms with E-state index in [1.54, 1.807) is 7.11 Å². The highest BCUT2D eigenvalue weighted by atomic mass is 16.5. The molecule has 0 aromatic rings. The summed E-state index contributed by atoms with van der Waals surface area (Å²) in [5.74, 6) is 8.55. The first-order valence-corrected chi connectivity index (χ1v) is 22.8. The summed E-state index contributed by atoms with van der Waals surface area (Å²) in [5, 5.41) is 39.6. The van der Waals surface area contributed by atoms with Gasteiger partial charge in [-0.3, -0.25) is 5.73 Å². The minimum absolute atomic E-state index is 0.00672. The van der Waals surface area contributed by atoms with Gasteiger partial charge in [-0.15, -0.1) is 4.99 Å². The van der Waals surface area contributed by atoms with Gasteiger partial charge in [0.1, 0.15) is 35.9 Å². The minimum atomic E-state index is -1.93. The number of quaternary nitrogens is 1. The van der Waals surface area contributed by atoms with E-state index in [9.17, 15) is 24.9 Å². The number of hydrogen-bond acceptors (Lipinski definition) is 8. The zero-order valence-corrected chi connectivity index (χ0v) is 35.0. The van der Waals surface area contributed by atoms with Crippen LogP contribution in [0.4, 0.5) is 0 Å². The maximum atomic E-state index is 14.6. The van der Waals surface area contributed by atoms with Crippen LogP contribution in [0.1, 0.15) is 136 Å². The average molecular weight is 777 g/mol. The molecule has 0 amide bonds. The van der Waals surface area contributed by atoms with Crippen LogP contribution in [-0.4, -0.2) is 72.2 Å². The first-order valence-electron chi connectivity index (χ1n) is 22.8. The Bertz CT molecular complexity index is 1430. The maximum absolute atomic E-state index is 14.6. The van der Waals surface area contributed by atoms with E-state index in [4.69, 9.17) is 10.5 Å². The highest BCUT2D eigenvalue weighted by molar-refractivity contribution is 6.05. The lowest BCUT2D eigenvalue weighted by Crippen LogP contribution is -2.94. The quantitative estimate of drug-likeness (QED) is 0.132. The number of ether oxygens (including phenoxy) is 1. The highest BCUT2D eigenvalue weighted by Crippen LogP contribution is 2.48. The standard InChI is InChI=1S/C47H73N3O6/c1-5-9-38(42(52)25-36-22-35(27-50-36)28(2)3)34-20-30(18-29-16-17-49-45(48)21-29)19-32-12-14-37(31-10-7-6-8-11-31)39-26-43(53)44(56-4)24-33(39)13-15-41(51)47(55)46(54)40(32)23-34/h22,27-34,37-40,42-45,47,49,52-53H,5-11,13,15-21,23-26,48H2,1-4H3/p+1. The van der Waals surface area contributed by atoms with Gasteiger partial charge in [0.25, 0.3) is 0 Å². The van der Waals surface area contributed by atoms with Crippen LogP contribution in [0, 0.1) is 82.9 Å². The Labute approximate surface area is 337 Å². The molecule has 0 aromatic carbocycles. The molecule has 6 rings (SSSR count). The molecule has 9 nitrogen and oxygen atoms in total. The molecule has 3 saturated carbocycles. The highest BCUT2D eigenvalue weighted by Gasteiger charge is 2.46. The first kappa shape index (κ1) is 43.5. The van der Waals surface area contributed by atoms with Crippen LogP contribution in [0.15, 0.2) is 16.8 Å². The van der Waals surface area contributed by atoms with E-state index < -0.39 is 35.8 Å². The number of nitrogens with zero attached hydrogens (tertiary/aromatic N) is 1. The Kier molecular flexibility index (Phi) is 15.8. The smallest absolute Gasteiger partial charge is 0.177 e. The number of nitrogens with two attached hydrogens (primary N) is 2. The Morgan fingerprint density at radius 1 is 1.02 bits per heavy atom. The molecule has 2 heterocycles. The normalized spacial score (nSPS) is 38.7. The maximum Gasteiger partial charge on any atom is 0.177 e. The van der Waals surface area contributed by atoms with Crippen LogP contribution < -0.4 is 16.2 Å². The van der Waals surface area contributed by atoms with Gasteiger partial charge in [0.05, 0.1) is 31.3 Å². The van der Waals surface area contributed by atoms with Gasteiger partial charge in [0.2, 0.25) is 0 Å². The molecule has 9 heteroatoms. The summed E-state index contributed by atoms with van der Waals surface area (Å²) in [6, 6.07) is 0. The predicted octanol–water partition coefficient (Wildman–Crippen LogP) is 4.91. The lowest BCUT2D eigenvalue weighted by atomic mass is 9.63. The fourth-order valence-electron chi connectivity index (χ4n) is 12.1. The molecule has 14 unspecified atom stereocenters. The Hall–Kier alpha value is -2.06. The van der Waals surface area contributed by atoms with Crippen LogP contribution in [0.2, 0.25) is 0 Å². The van der Waals surface area contributed by atoms with Crippen LogP contribution in [-0.2, 0) is 14.3 Å². The lowest BCUT2D eigenvalue weighted by Gasteiger charge is -2.44. The van der Waals surface area contributed by atoms with Crippen LogP contribution in [0.25, 0.3) is 0 Å². The van der Waals surface area contributed by atoms with Crippen molar-refractivity contribution in [2.45, 2.75) is 167 Å². The zero-order chi connectivity index (χ0) is 39.9. The number of ketones is 2. The van der Waals surface area contributed by atoms with E-state index >= 15 is 0 Å². The van der Waals surface area contributed by atoms with Crippen LogP contribution in [0.5, 0.6) is 0 Å². The Morgan fingerprint density at radius 3 is 2.50 bits per heavy atom. The molecular weight excluding hydrogens is 703 g/mol. The molecule has 0 radical (unpaired) electrons. The molecule has 1 saturated heterocycles. The summed E-state index contributed by atoms with van der Waals surface area (Å²) in [6.45, 7) is 7.47. The van der Waals surface area contributed by atoms with Crippen LogP contribution >= 0.6 is 0 Å². The summed E-state index contributed by atoms with van der Waals surface area (Å²) in [5.41, 5.74) is 7.37. The summed E-state index contributed by atoms with van der Waals surface area (Å²) in [6.07, 6.45) is 15.5. The lowest BCUT2D eigenvalue weighted by molar-refractivity contribution is -0.699. The van der Waals surface area contributed by atoms with E-state index in [-0.39, 0.29) is 60.1 Å². The molecule has 0 spiro atoms. The van der Waals surface area contributed by atoms with Crippen molar-refractivity contribution in [1.82, 2.24) is 0 Å². The van der Waals surface area contributed by atoms with Gasteiger partial charge in [0.15, 0.2) is 5.70 Å². The van der Waals surface area contributed by atoms with E-state index in [2.05, 4.69) is 49.0 Å². The molecule has 312 valence electrons. The molecule has 0 bridgehead atoms. The second kappa shape index (κ2) is 20.3. The summed E-state index contributed by atoms with van der Waals surface area (Å²) < 4.78 is 5.73. The second-order valence-electron chi connectivity index (χ2n) is 19.4. The molecular formula is C47H74N3O6+. The summed E-state index contributed by atoms with van der Waals surface area (Å²) >= 11 is 0. The number of aliphatic hydroxyl groups is 2. The van der Waals surface area contributed by atoms with Gasteiger partial charge >= 0.3 is 0 Å². The molecule has 2 aliphatic heterocycles. The van der Waals surface area contributed by atoms with Crippen LogP contribution in [0.3, 0.4) is 0 Å². The van der Waals surface area contributed by atoms with E-state index in [0.29, 0.717) is 56.3 Å². The van der Waals surface area contributed by atoms with Crippen molar-refractivity contribution in [2.75, 3.05) is 13.7 Å². The van der Waals surface area contributed by atoms with Crippen molar-refractivity contribution in [3.05, 3.63) is 17.7 Å². The summed E-state index contributed by atoms with van der Waals surface area (Å²) in [7, 11) is 1.64. The third-order valence-corrected chi connectivity index (χ3v) is 15.2.